The quantitative estimate of drug-likeness (QED) is 0.328. The second-order valence-corrected chi connectivity index (χ2v) is 9.25. The van der Waals surface area contributed by atoms with Gasteiger partial charge in [-0.05, 0) is 35.8 Å². The van der Waals surface area contributed by atoms with Gasteiger partial charge < -0.3 is 14.2 Å². The summed E-state index contributed by atoms with van der Waals surface area (Å²) in [5.41, 5.74) is 2.13. The van der Waals surface area contributed by atoms with Crippen molar-refractivity contribution in [3.63, 3.8) is 0 Å². The molecule has 0 saturated carbocycles. The molecule has 186 valence electrons. The van der Waals surface area contributed by atoms with Crippen LogP contribution in [0.15, 0.2) is 76.2 Å². The fraction of sp³-hybridized carbons (Fsp3) is 0.222. The average Bonchev–Trinajstić information content (AvgIpc) is 3.20. The van der Waals surface area contributed by atoms with Crippen molar-refractivity contribution in [3.05, 3.63) is 102 Å². The second-order valence-electron chi connectivity index (χ2n) is 7.83. The maximum atomic E-state index is 13.7. The van der Waals surface area contributed by atoms with Crippen LogP contribution in [0.3, 0.4) is 0 Å². The number of allylic oxidation sites excluding steroid dienone is 1. The Kier molecular flexibility index (Phi) is 7.76. The van der Waals surface area contributed by atoms with Crippen molar-refractivity contribution in [2.45, 2.75) is 19.4 Å². The van der Waals surface area contributed by atoms with Crippen molar-refractivity contribution in [3.8, 4) is 11.5 Å². The summed E-state index contributed by atoms with van der Waals surface area (Å²) in [6.07, 6.45) is 3.85. The van der Waals surface area contributed by atoms with Crippen molar-refractivity contribution in [1.29, 1.82) is 0 Å². The fourth-order valence-electron chi connectivity index (χ4n) is 4.07. The van der Waals surface area contributed by atoms with E-state index in [0.29, 0.717) is 49.1 Å². The lowest BCUT2D eigenvalue weighted by molar-refractivity contribution is -0.136. The van der Waals surface area contributed by atoms with Crippen molar-refractivity contribution in [2.75, 3.05) is 20.8 Å². The molecule has 0 spiro atoms. The molecule has 1 atom stereocenters. The molecule has 2 aromatic carbocycles. The SMILES string of the molecule is C=CCOc1c(Cl)cc(/C=c2\sc3n(c2=O)[C@@H](c2ccccc2)C(C(=O)OC)=C(CC)N=3)cc1OC. The highest BCUT2D eigenvalue weighted by atomic mass is 35.5. The molecule has 1 aromatic heterocycles. The first-order valence-corrected chi connectivity index (χ1v) is 12.4. The van der Waals surface area contributed by atoms with Crippen LogP contribution < -0.4 is 24.4 Å². The number of hydrogen-bond donors (Lipinski definition) is 0. The molecular formula is C27H25ClN2O5S. The number of ether oxygens (including phenoxy) is 3. The van der Waals surface area contributed by atoms with E-state index in [2.05, 4.69) is 11.6 Å². The predicted molar refractivity (Wildman–Crippen MR) is 141 cm³/mol. The van der Waals surface area contributed by atoms with E-state index in [-0.39, 0.29) is 12.2 Å². The molecule has 36 heavy (non-hydrogen) atoms. The van der Waals surface area contributed by atoms with Crippen LogP contribution in [-0.4, -0.2) is 31.4 Å². The molecule has 9 heteroatoms. The minimum atomic E-state index is -0.653. The summed E-state index contributed by atoms with van der Waals surface area (Å²) < 4.78 is 18.1. The monoisotopic (exact) mass is 524 g/mol. The van der Waals surface area contributed by atoms with Gasteiger partial charge in [-0.1, -0.05) is 72.8 Å². The summed E-state index contributed by atoms with van der Waals surface area (Å²) >= 11 is 7.70. The van der Waals surface area contributed by atoms with Gasteiger partial charge in [-0.2, -0.15) is 0 Å². The van der Waals surface area contributed by atoms with Crippen molar-refractivity contribution in [1.82, 2.24) is 4.57 Å². The Labute approximate surface area is 217 Å². The van der Waals surface area contributed by atoms with Crippen LogP contribution in [0.5, 0.6) is 11.5 Å². The number of carbonyl (C=O) groups excluding carboxylic acids is 1. The Morgan fingerprint density at radius 3 is 2.64 bits per heavy atom. The molecule has 1 aliphatic heterocycles. The molecule has 0 unspecified atom stereocenters. The number of methoxy groups -OCH3 is 2. The maximum Gasteiger partial charge on any atom is 0.338 e. The molecule has 0 saturated heterocycles. The summed E-state index contributed by atoms with van der Waals surface area (Å²) in [7, 11) is 2.85. The average molecular weight is 525 g/mol. The van der Waals surface area contributed by atoms with E-state index in [4.69, 9.17) is 25.8 Å². The van der Waals surface area contributed by atoms with Crippen LogP contribution in [0, 0.1) is 0 Å². The molecule has 0 aliphatic carbocycles. The van der Waals surface area contributed by atoms with Crippen molar-refractivity contribution >= 4 is 35.0 Å². The van der Waals surface area contributed by atoms with Gasteiger partial charge in [0.1, 0.15) is 6.61 Å². The summed E-state index contributed by atoms with van der Waals surface area (Å²) in [5, 5.41) is 0.346. The second kappa shape index (κ2) is 11.0. The van der Waals surface area contributed by atoms with Gasteiger partial charge in [0.25, 0.3) is 5.56 Å². The topological polar surface area (TPSA) is 79.1 Å². The Hall–Kier alpha value is -3.62. The molecule has 4 rings (SSSR count). The lowest BCUT2D eigenvalue weighted by atomic mass is 9.95. The number of aromatic nitrogens is 1. The van der Waals surface area contributed by atoms with Gasteiger partial charge in [-0.25, -0.2) is 9.79 Å². The standard InChI is InChI=1S/C27H25ClN2O5S/c1-5-12-35-24-18(28)13-16(14-20(24)33-3)15-21-25(31)30-23(17-10-8-7-9-11-17)22(26(32)34-4)19(6-2)29-27(30)36-21/h5,7-11,13-15,23H,1,6,12H2,2-4H3/b21-15-/t23-/m0/s1. The highest BCUT2D eigenvalue weighted by molar-refractivity contribution is 7.07. The molecule has 0 amide bonds. The molecule has 2 heterocycles. The van der Waals surface area contributed by atoms with Gasteiger partial charge in [0.05, 0.1) is 41.1 Å². The lowest BCUT2D eigenvalue weighted by Crippen LogP contribution is -2.40. The summed E-state index contributed by atoms with van der Waals surface area (Å²) in [6, 6.07) is 12.2. The maximum absolute atomic E-state index is 13.7. The van der Waals surface area contributed by atoms with Gasteiger partial charge >= 0.3 is 5.97 Å². The number of rotatable bonds is 8. The van der Waals surface area contributed by atoms with E-state index in [1.165, 1.54) is 25.6 Å². The Balaban J connectivity index is 1.93. The molecule has 0 radical (unpaired) electrons. The van der Waals surface area contributed by atoms with E-state index >= 15 is 0 Å². The lowest BCUT2D eigenvalue weighted by Gasteiger charge is -2.25. The largest absolute Gasteiger partial charge is 0.493 e. The zero-order valence-electron chi connectivity index (χ0n) is 20.1. The number of thiazole rings is 1. The van der Waals surface area contributed by atoms with Gasteiger partial charge in [0, 0.05) is 0 Å². The number of esters is 1. The van der Waals surface area contributed by atoms with E-state index in [1.807, 2.05) is 37.3 Å². The summed E-state index contributed by atoms with van der Waals surface area (Å²) in [4.78, 5) is 31.7. The number of nitrogens with zero attached hydrogens (tertiary/aromatic N) is 2. The fourth-order valence-corrected chi connectivity index (χ4v) is 5.37. The first-order valence-electron chi connectivity index (χ1n) is 11.2. The molecule has 3 aromatic rings. The third-order valence-electron chi connectivity index (χ3n) is 5.66. The predicted octanol–water partition coefficient (Wildman–Crippen LogP) is 4.03. The highest BCUT2D eigenvalue weighted by Crippen LogP contribution is 2.37. The highest BCUT2D eigenvalue weighted by Gasteiger charge is 2.33. The summed E-state index contributed by atoms with van der Waals surface area (Å²) in [6.45, 7) is 5.84. The van der Waals surface area contributed by atoms with Gasteiger partial charge in [-0.3, -0.25) is 9.36 Å². The first-order chi connectivity index (χ1) is 17.4. The molecule has 1 aliphatic rings. The Morgan fingerprint density at radius 1 is 1.25 bits per heavy atom. The number of hydrogen-bond acceptors (Lipinski definition) is 7. The third-order valence-corrected chi connectivity index (χ3v) is 6.92. The number of halogens is 1. The van der Waals surface area contributed by atoms with Crippen LogP contribution in [0.2, 0.25) is 5.02 Å². The number of fused-ring (bicyclic) bond motifs is 1. The van der Waals surface area contributed by atoms with Crippen LogP contribution in [0.4, 0.5) is 0 Å². The minimum Gasteiger partial charge on any atom is -0.493 e. The van der Waals surface area contributed by atoms with E-state index in [1.54, 1.807) is 28.9 Å². The molecular weight excluding hydrogens is 500 g/mol. The molecule has 0 fully saturated rings. The van der Waals surface area contributed by atoms with Crippen LogP contribution in [-0.2, 0) is 9.53 Å². The normalized spacial score (nSPS) is 15.2. The third kappa shape index (κ3) is 4.74. The zero-order valence-corrected chi connectivity index (χ0v) is 21.7. The molecule has 0 bridgehead atoms. The van der Waals surface area contributed by atoms with Gasteiger partial charge in [0.15, 0.2) is 16.3 Å². The van der Waals surface area contributed by atoms with Crippen molar-refractivity contribution in [2.24, 2.45) is 4.99 Å². The van der Waals surface area contributed by atoms with Crippen LogP contribution in [0.1, 0.15) is 30.5 Å². The summed E-state index contributed by atoms with van der Waals surface area (Å²) in [5.74, 6) is 0.328. The van der Waals surface area contributed by atoms with E-state index in [0.717, 1.165) is 5.56 Å². The Morgan fingerprint density at radius 2 is 2.00 bits per heavy atom. The Bertz CT molecular complexity index is 1520. The van der Waals surface area contributed by atoms with Crippen LogP contribution >= 0.6 is 22.9 Å². The minimum absolute atomic E-state index is 0.272. The first kappa shape index (κ1) is 25.5. The zero-order chi connectivity index (χ0) is 25.8. The molecule has 0 N–H and O–H groups in total. The van der Waals surface area contributed by atoms with Gasteiger partial charge in [0.2, 0.25) is 0 Å². The smallest absolute Gasteiger partial charge is 0.338 e. The van der Waals surface area contributed by atoms with Gasteiger partial charge in [-0.15, -0.1) is 0 Å². The number of carbonyl (C=O) groups is 1. The van der Waals surface area contributed by atoms with Crippen LogP contribution in [0.25, 0.3) is 6.08 Å². The number of benzene rings is 2. The molecule has 7 nitrogen and oxygen atoms in total. The van der Waals surface area contributed by atoms with E-state index < -0.39 is 12.0 Å². The van der Waals surface area contributed by atoms with E-state index in [9.17, 15) is 9.59 Å². The van der Waals surface area contributed by atoms with Crippen molar-refractivity contribution < 1.29 is 19.0 Å².